The molecular formula is C24H26ClN3O3. The van der Waals surface area contributed by atoms with Crippen LogP contribution in [-0.4, -0.2) is 61.4 Å². The van der Waals surface area contributed by atoms with Crippen LogP contribution in [0.4, 0.5) is 5.69 Å². The highest BCUT2D eigenvalue weighted by Gasteiger charge is 2.43. The molecule has 0 saturated carbocycles. The smallest absolute Gasteiger partial charge is 0.282 e. The van der Waals surface area contributed by atoms with Gasteiger partial charge in [0.1, 0.15) is 11.4 Å². The van der Waals surface area contributed by atoms with Crippen molar-refractivity contribution >= 4 is 34.7 Å². The number of aryl methyl sites for hydroxylation is 1. The van der Waals surface area contributed by atoms with E-state index in [4.69, 9.17) is 16.3 Å². The van der Waals surface area contributed by atoms with Gasteiger partial charge in [-0.2, -0.15) is 0 Å². The monoisotopic (exact) mass is 439 g/mol. The summed E-state index contributed by atoms with van der Waals surface area (Å²) in [7, 11) is 1.60. The quantitative estimate of drug-likeness (QED) is 0.666. The van der Waals surface area contributed by atoms with E-state index >= 15 is 0 Å². The zero-order valence-electron chi connectivity index (χ0n) is 18.0. The molecule has 1 fully saturated rings. The molecule has 2 aliphatic heterocycles. The van der Waals surface area contributed by atoms with Gasteiger partial charge in [0, 0.05) is 31.2 Å². The van der Waals surface area contributed by atoms with Crippen LogP contribution in [0.25, 0.3) is 5.57 Å². The SMILES string of the molecule is CCN1CCN(C2=C(c3ccc(OC)cc3)C(=O)N(c3ccc(Cl)cc3C)C2=O)CC1. The molecule has 0 atom stereocenters. The van der Waals surface area contributed by atoms with Crippen LogP contribution in [0.5, 0.6) is 5.75 Å². The molecule has 0 radical (unpaired) electrons. The van der Waals surface area contributed by atoms with Gasteiger partial charge in [0.15, 0.2) is 0 Å². The molecule has 7 heteroatoms. The maximum absolute atomic E-state index is 13.6. The van der Waals surface area contributed by atoms with Crippen molar-refractivity contribution in [2.24, 2.45) is 0 Å². The highest BCUT2D eigenvalue weighted by atomic mass is 35.5. The van der Waals surface area contributed by atoms with Gasteiger partial charge in [-0.25, -0.2) is 4.90 Å². The molecule has 162 valence electrons. The largest absolute Gasteiger partial charge is 0.497 e. The third-order valence-electron chi connectivity index (χ3n) is 5.97. The average Bonchev–Trinajstić information content (AvgIpc) is 3.04. The molecular weight excluding hydrogens is 414 g/mol. The van der Waals surface area contributed by atoms with E-state index in [1.165, 1.54) is 4.90 Å². The van der Waals surface area contributed by atoms with Crippen molar-refractivity contribution in [3.63, 3.8) is 0 Å². The maximum atomic E-state index is 13.6. The van der Waals surface area contributed by atoms with Crippen molar-refractivity contribution in [2.75, 3.05) is 44.7 Å². The number of carbonyl (C=O) groups excluding carboxylic acids is 2. The minimum atomic E-state index is -0.312. The maximum Gasteiger partial charge on any atom is 0.282 e. The van der Waals surface area contributed by atoms with Crippen LogP contribution >= 0.6 is 11.6 Å². The molecule has 0 bridgehead atoms. The van der Waals surface area contributed by atoms with Crippen molar-refractivity contribution in [1.29, 1.82) is 0 Å². The fraction of sp³-hybridized carbons (Fsp3) is 0.333. The van der Waals surface area contributed by atoms with E-state index in [1.54, 1.807) is 25.3 Å². The van der Waals surface area contributed by atoms with Gasteiger partial charge in [0.05, 0.1) is 18.4 Å². The number of hydrogen-bond donors (Lipinski definition) is 0. The Morgan fingerprint density at radius 1 is 0.968 bits per heavy atom. The summed E-state index contributed by atoms with van der Waals surface area (Å²) in [4.78, 5) is 32.9. The molecule has 6 nitrogen and oxygen atoms in total. The van der Waals surface area contributed by atoms with Crippen LogP contribution < -0.4 is 9.64 Å². The van der Waals surface area contributed by atoms with Gasteiger partial charge < -0.3 is 14.5 Å². The van der Waals surface area contributed by atoms with Crippen LogP contribution in [-0.2, 0) is 9.59 Å². The van der Waals surface area contributed by atoms with E-state index in [-0.39, 0.29) is 11.8 Å². The number of ether oxygens (including phenoxy) is 1. The van der Waals surface area contributed by atoms with E-state index in [1.807, 2.05) is 31.2 Å². The molecule has 0 aromatic heterocycles. The Morgan fingerprint density at radius 3 is 2.23 bits per heavy atom. The molecule has 0 N–H and O–H groups in total. The number of benzene rings is 2. The molecule has 2 amide bonds. The predicted molar refractivity (Wildman–Crippen MR) is 122 cm³/mol. The van der Waals surface area contributed by atoms with E-state index in [0.717, 1.165) is 25.2 Å². The number of carbonyl (C=O) groups is 2. The predicted octanol–water partition coefficient (Wildman–Crippen LogP) is 3.58. The number of imide groups is 1. The summed E-state index contributed by atoms with van der Waals surface area (Å²) in [5, 5.41) is 0.569. The van der Waals surface area contributed by atoms with Crippen molar-refractivity contribution in [2.45, 2.75) is 13.8 Å². The summed E-state index contributed by atoms with van der Waals surface area (Å²) in [6, 6.07) is 12.5. The molecule has 2 aromatic rings. The highest BCUT2D eigenvalue weighted by Crippen LogP contribution is 2.37. The number of likely N-dealkylation sites (N-methyl/N-ethyl adjacent to an activating group) is 1. The van der Waals surface area contributed by atoms with E-state index in [9.17, 15) is 9.59 Å². The zero-order chi connectivity index (χ0) is 22.1. The van der Waals surface area contributed by atoms with Gasteiger partial charge in [-0.1, -0.05) is 30.7 Å². The summed E-state index contributed by atoms with van der Waals surface area (Å²) >= 11 is 6.10. The van der Waals surface area contributed by atoms with Crippen molar-refractivity contribution in [1.82, 2.24) is 9.80 Å². The Kier molecular flexibility index (Phi) is 6.03. The first-order valence-electron chi connectivity index (χ1n) is 10.5. The fourth-order valence-electron chi connectivity index (χ4n) is 4.21. The van der Waals surface area contributed by atoms with Crippen LogP contribution in [0, 0.1) is 6.92 Å². The van der Waals surface area contributed by atoms with Gasteiger partial charge in [0.2, 0.25) is 0 Å². The van der Waals surface area contributed by atoms with E-state index in [2.05, 4.69) is 16.7 Å². The van der Waals surface area contributed by atoms with Gasteiger partial charge in [-0.3, -0.25) is 9.59 Å². The lowest BCUT2D eigenvalue weighted by atomic mass is 10.0. The van der Waals surface area contributed by atoms with Crippen LogP contribution in [0.2, 0.25) is 5.02 Å². The van der Waals surface area contributed by atoms with E-state index in [0.29, 0.717) is 46.4 Å². The molecule has 4 rings (SSSR count). The normalized spacial score (nSPS) is 17.7. The van der Waals surface area contributed by atoms with Gasteiger partial charge in [-0.05, 0) is 54.9 Å². The summed E-state index contributed by atoms with van der Waals surface area (Å²) < 4.78 is 5.26. The minimum absolute atomic E-state index is 0.286. The topological polar surface area (TPSA) is 53.1 Å². The first kappa shape index (κ1) is 21.4. The standard InChI is InChI=1S/C24H26ClN3O3/c1-4-26-11-13-27(14-12-26)22-21(17-5-8-19(31-3)9-6-17)23(29)28(24(22)30)20-10-7-18(25)15-16(20)2/h5-10,15H,4,11-14H2,1-3H3. The summed E-state index contributed by atoms with van der Waals surface area (Å²) in [5.74, 6) is 0.101. The summed E-state index contributed by atoms with van der Waals surface area (Å²) in [5.41, 5.74) is 2.96. The van der Waals surface area contributed by atoms with E-state index < -0.39 is 0 Å². The molecule has 2 heterocycles. The number of halogens is 1. The lowest BCUT2D eigenvalue weighted by molar-refractivity contribution is -0.120. The number of methoxy groups -OCH3 is 1. The Balaban J connectivity index is 1.79. The van der Waals surface area contributed by atoms with Gasteiger partial charge in [0.25, 0.3) is 11.8 Å². The minimum Gasteiger partial charge on any atom is -0.497 e. The van der Waals surface area contributed by atoms with Crippen molar-refractivity contribution in [3.8, 4) is 5.75 Å². The fourth-order valence-corrected chi connectivity index (χ4v) is 4.43. The number of hydrogen-bond acceptors (Lipinski definition) is 5. The van der Waals surface area contributed by atoms with Crippen LogP contribution in [0.3, 0.4) is 0 Å². The summed E-state index contributed by atoms with van der Waals surface area (Å²) in [6.07, 6.45) is 0. The molecule has 0 spiro atoms. The first-order valence-corrected chi connectivity index (χ1v) is 10.8. The third kappa shape index (κ3) is 3.93. The molecule has 31 heavy (non-hydrogen) atoms. The zero-order valence-corrected chi connectivity index (χ0v) is 18.8. The Morgan fingerprint density at radius 2 is 1.65 bits per heavy atom. The lowest BCUT2D eigenvalue weighted by Crippen LogP contribution is -2.47. The second kappa shape index (κ2) is 8.73. The second-order valence-corrected chi connectivity index (χ2v) is 8.19. The Labute approximate surface area is 187 Å². The number of anilines is 1. The van der Waals surface area contributed by atoms with Crippen LogP contribution in [0.15, 0.2) is 48.2 Å². The summed E-state index contributed by atoms with van der Waals surface area (Å²) in [6.45, 7) is 8.08. The van der Waals surface area contributed by atoms with Crippen molar-refractivity contribution in [3.05, 3.63) is 64.3 Å². The first-order chi connectivity index (χ1) is 14.9. The Hall–Kier alpha value is -2.83. The molecule has 2 aromatic carbocycles. The molecule has 0 unspecified atom stereocenters. The molecule has 0 aliphatic carbocycles. The van der Waals surface area contributed by atoms with Gasteiger partial charge in [-0.15, -0.1) is 0 Å². The second-order valence-electron chi connectivity index (χ2n) is 7.75. The number of piperazine rings is 1. The Bertz CT molecular complexity index is 1040. The van der Waals surface area contributed by atoms with Crippen LogP contribution in [0.1, 0.15) is 18.1 Å². The number of amides is 2. The average molecular weight is 440 g/mol. The number of rotatable bonds is 5. The number of nitrogens with zero attached hydrogens (tertiary/aromatic N) is 3. The third-order valence-corrected chi connectivity index (χ3v) is 6.21. The highest BCUT2D eigenvalue weighted by molar-refractivity contribution is 6.45. The molecule has 2 aliphatic rings. The van der Waals surface area contributed by atoms with Gasteiger partial charge >= 0.3 is 0 Å². The lowest BCUT2D eigenvalue weighted by Gasteiger charge is -2.36. The van der Waals surface area contributed by atoms with Crippen molar-refractivity contribution < 1.29 is 14.3 Å². The molecule has 1 saturated heterocycles.